The molecule has 0 N–H and O–H groups in total. The third-order valence-electron chi connectivity index (χ3n) is 4.33. The molecule has 2 heteroatoms. The molecule has 0 aromatic rings. The first-order valence-corrected chi connectivity index (χ1v) is 7.95. The second-order valence-electron chi connectivity index (χ2n) is 6.30. The van der Waals surface area contributed by atoms with E-state index in [1.54, 1.807) is 0 Å². The molecule has 0 saturated heterocycles. The summed E-state index contributed by atoms with van der Waals surface area (Å²) in [7, 11) is 0. The summed E-state index contributed by atoms with van der Waals surface area (Å²) in [6.45, 7) is 12.3. The van der Waals surface area contributed by atoms with E-state index in [2.05, 4.69) is 33.4 Å². The van der Waals surface area contributed by atoms with Gasteiger partial charge in [-0.05, 0) is 43.9 Å². The second kappa shape index (κ2) is 8.28. The monoisotopic (exact) mass is 278 g/mol. The smallest absolute Gasteiger partial charge is 0.302 e. The predicted octanol–water partition coefficient (Wildman–Crippen LogP) is 5.05. The lowest BCUT2D eigenvalue weighted by molar-refractivity contribution is -0.150. The lowest BCUT2D eigenvalue weighted by Crippen LogP contribution is -2.30. The molecule has 2 nitrogen and oxygen atoms in total. The molecular formula is C18H30O2. The number of carbonyl (C=O) groups excluding carboxylic acids is 1. The van der Waals surface area contributed by atoms with Crippen LogP contribution in [0.4, 0.5) is 0 Å². The van der Waals surface area contributed by atoms with E-state index in [9.17, 15) is 4.79 Å². The predicted molar refractivity (Wildman–Crippen MR) is 84.5 cm³/mol. The molecule has 0 amide bonds. The number of allylic oxidation sites excluding steroid dienone is 2. The Morgan fingerprint density at radius 1 is 1.45 bits per heavy atom. The Hall–Kier alpha value is -1.05. The van der Waals surface area contributed by atoms with E-state index in [0.29, 0.717) is 11.8 Å². The van der Waals surface area contributed by atoms with Crippen molar-refractivity contribution in [2.75, 3.05) is 0 Å². The van der Waals surface area contributed by atoms with Gasteiger partial charge in [-0.15, -0.1) is 0 Å². The van der Waals surface area contributed by atoms with Gasteiger partial charge < -0.3 is 4.74 Å². The van der Waals surface area contributed by atoms with E-state index in [-0.39, 0.29) is 12.1 Å². The van der Waals surface area contributed by atoms with Crippen LogP contribution < -0.4 is 0 Å². The lowest BCUT2D eigenvalue weighted by Gasteiger charge is -2.31. The molecular weight excluding hydrogens is 248 g/mol. The number of rotatable bonds is 3. The SMILES string of the molecule is C=C1CC/C=C(/CC)CC(OC(C)=O)C(C(C)C)CC1. The molecule has 0 radical (unpaired) electrons. The van der Waals surface area contributed by atoms with Gasteiger partial charge in [-0.3, -0.25) is 4.79 Å². The normalized spacial score (nSPS) is 27.9. The Balaban J connectivity index is 2.97. The molecule has 1 aliphatic carbocycles. The molecule has 2 atom stereocenters. The fourth-order valence-electron chi connectivity index (χ4n) is 3.05. The van der Waals surface area contributed by atoms with E-state index in [0.717, 1.165) is 38.5 Å². The third kappa shape index (κ3) is 5.52. The van der Waals surface area contributed by atoms with Gasteiger partial charge >= 0.3 is 5.97 Å². The summed E-state index contributed by atoms with van der Waals surface area (Å²) >= 11 is 0. The van der Waals surface area contributed by atoms with Crippen LogP contribution in [0.25, 0.3) is 0 Å². The molecule has 0 heterocycles. The van der Waals surface area contributed by atoms with Crippen LogP contribution in [-0.2, 0) is 9.53 Å². The molecule has 20 heavy (non-hydrogen) atoms. The summed E-state index contributed by atoms with van der Waals surface area (Å²) in [5.74, 6) is 0.778. The maximum atomic E-state index is 11.4. The maximum Gasteiger partial charge on any atom is 0.302 e. The highest BCUT2D eigenvalue weighted by molar-refractivity contribution is 5.66. The van der Waals surface area contributed by atoms with Gasteiger partial charge in [0, 0.05) is 13.3 Å². The van der Waals surface area contributed by atoms with Crippen LogP contribution >= 0.6 is 0 Å². The fourth-order valence-corrected chi connectivity index (χ4v) is 3.05. The minimum absolute atomic E-state index is 0.0181. The number of carbonyl (C=O) groups is 1. The highest BCUT2D eigenvalue weighted by atomic mass is 16.5. The van der Waals surface area contributed by atoms with Crippen molar-refractivity contribution in [3.8, 4) is 0 Å². The van der Waals surface area contributed by atoms with Gasteiger partial charge in [0.2, 0.25) is 0 Å². The molecule has 114 valence electrons. The minimum atomic E-state index is -0.160. The van der Waals surface area contributed by atoms with Gasteiger partial charge in [-0.2, -0.15) is 0 Å². The summed E-state index contributed by atoms with van der Waals surface area (Å²) in [6, 6.07) is 0. The fraction of sp³-hybridized carbons (Fsp3) is 0.722. The summed E-state index contributed by atoms with van der Waals surface area (Å²) < 4.78 is 5.65. The zero-order valence-electron chi connectivity index (χ0n) is 13.6. The number of hydrogen-bond donors (Lipinski definition) is 0. The first kappa shape index (κ1) is 17.0. The standard InChI is InChI=1S/C18H30O2/c1-6-16-9-7-8-14(4)10-11-17(13(2)3)18(12-16)20-15(5)19/h9,13,17-18H,4,6-8,10-12H2,1-3,5H3/b16-9-. The van der Waals surface area contributed by atoms with Crippen molar-refractivity contribution in [2.24, 2.45) is 11.8 Å². The highest BCUT2D eigenvalue weighted by Gasteiger charge is 2.28. The van der Waals surface area contributed by atoms with Crippen LogP contribution in [-0.4, -0.2) is 12.1 Å². The van der Waals surface area contributed by atoms with Crippen LogP contribution in [0.15, 0.2) is 23.8 Å². The molecule has 0 aromatic carbocycles. The van der Waals surface area contributed by atoms with Crippen molar-refractivity contribution in [1.82, 2.24) is 0 Å². The average Bonchev–Trinajstić information content (AvgIpc) is 2.36. The van der Waals surface area contributed by atoms with Crippen molar-refractivity contribution >= 4 is 5.97 Å². The largest absolute Gasteiger partial charge is 0.462 e. The van der Waals surface area contributed by atoms with Crippen LogP contribution in [0.1, 0.15) is 66.2 Å². The first-order valence-electron chi connectivity index (χ1n) is 7.95. The Kier molecular flexibility index (Phi) is 7.04. The molecule has 0 aliphatic heterocycles. The first-order chi connectivity index (χ1) is 9.43. The van der Waals surface area contributed by atoms with Crippen molar-refractivity contribution in [3.05, 3.63) is 23.8 Å². The molecule has 0 aromatic heterocycles. The Morgan fingerprint density at radius 2 is 2.15 bits per heavy atom. The average molecular weight is 278 g/mol. The Labute approximate surface area is 124 Å². The number of esters is 1. The van der Waals surface area contributed by atoms with E-state index in [4.69, 9.17) is 4.74 Å². The number of ether oxygens (including phenoxy) is 1. The minimum Gasteiger partial charge on any atom is -0.462 e. The zero-order valence-corrected chi connectivity index (χ0v) is 13.6. The number of hydrogen-bond acceptors (Lipinski definition) is 2. The van der Waals surface area contributed by atoms with E-state index < -0.39 is 0 Å². The molecule has 0 saturated carbocycles. The maximum absolute atomic E-state index is 11.4. The van der Waals surface area contributed by atoms with E-state index in [1.807, 2.05) is 0 Å². The summed E-state index contributed by atoms with van der Waals surface area (Å²) in [6.07, 6.45) is 8.56. The topological polar surface area (TPSA) is 26.3 Å². The van der Waals surface area contributed by atoms with Crippen LogP contribution in [0.2, 0.25) is 0 Å². The lowest BCUT2D eigenvalue weighted by atomic mass is 9.81. The second-order valence-corrected chi connectivity index (χ2v) is 6.30. The van der Waals surface area contributed by atoms with Crippen molar-refractivity contribution in [2.45, 2.75) is 72.3 Å². The molecule has 1 rings (SSSR count). The van der Waals surface area contributed by atoms with Gasteiger partial charge in [0.25, 0.3) is 0 Å². The Bertz CT molecular complexity index is 366. The summed E-state index contributed by atoms with van der Waals surface area (Å²) in [4.78, 5) is 11.4. The van der Waals surface area contributed by atoms with Gasteiger partial charge in [0.05, 0.1) is 0 Å². The quantitative estimate of drug-likeness (QED) is 0.533. The molecule has 2 unspecified atom stereocenters. The van der Waals surface area contributed by atoms with E-state index in [1.165, 1.54) is 18.1 Å². The van der Waals surface area contributed by atoms with Crippen molar-refractivity contribution in [3.63, 3.8) is 0 Å². The van der Waals surface area contributed by atoms with Crippen LogP contribution in [0, 0.1) is 11.8 Å². The van der Waals surface area contributed by atoms with Crippen molar-refractivity contribution in [1.29, 1.82) is 0 Å². The third-order valence-corrected chi connectivity index (χ3v) is 4.33. The molecule has 0 fully saturated rings. The van der Waals surface area contributed by atoms with Gasteiger partial charge in [0.15, 0.2) is 0 Å². The molecule has 1 aliphatic rings. The van der Waals surface area contributed by atoms with Crippen LogP contribution in [0.5, 0.6) is 0 Å². The van der Waals surface area contributed by atoms with Gasteiger partial charge in [-0.1, -0.05) is 44.6 Å². The van der Waals surface area contributed by atoms with Crippen LogP contribution in [0.3, 0.4) is 0 Å². The zero-order chi connectivity index (χ0) is 15.1. The summed E-state index contributed by atoms with van der Waals surface area (Å²) in [5.41, 5.74) is 2.74. The van der Waals surface area contributed by atoms with E-state index >= 15 is 0 Å². The van der Waals surface area contributed by atoms with Gasteiger partial charge in [-0.25, -0.2) is 0 Å². The van der Waals surface area contributed by atoms with Gasteiger partial charge in [0.1, 0.15) is 6.10 Å². The summed E-state index contributed by atoms with van der Waals surface area (Å²) in [5, 5.41) is 0. The van der Waals surface area contributed by atoms with Crippen molar-refractivity contribution < 1.29 is 9.53 Å². The molecule has 0 bridgehead atoms. The molecule has 0 spiro atoms. The highest BCUT2D eigenvalue weighted by Crippen LogP contribution is 2.31. The Morgan fingerprint density at radius 3 is 2.70 bits per heavy atom.